The Morgan fingerprint density at radius 1 is 1.22 bits per heavy atom. The van der Waals surface area contributed by atoms with E-state index >= 15 is 0 Å². The molecule has 1 N–H and O–H groups in total. The first-order valence-corrected chi connectivity index (χ1v) is 7.35. The molecule has 0 spiro atoms. The monoisotopic (exact) mass is 318 g/mol. The molecule has 0 aliphatic carbocycles. The van der Waals surface area contributed by atoms with Crippen molar-refractivity contribution in [2.24, 2.45) is 5.92 Å². The smallest absolute Gasteiger partial charge is 0.279 e. The van der Waals surface area contributed by atoms with Crippen LogP contribution in [0, 0.1) is 5.92 Å². The van der Waals surface area contributed by atoms with Crippen molar-refractivity contribution < 1.29 is 14.0 Å². The van der Waals surface area contributed by atoms with E-state index < -0.39 is 17.7 Å². The molecule has 5 heteroatoms. The quantitative estimate of drug-likeness (QED) is 0.498. The normalized spacial score (nSPS) is 13.5. The third kappa shape index (κ3) is 5.36. The second-order valence-electron chi connectivity index (χ2n) is 5.58. The van der Waals surface area contributed by atoms with Crippen LogP contribution in [0.15, 0.2) is 47.8 Å². The van der Waals surface area contributed by atoms with Gasteiger partial charge in [0.05, 0.1) is 0 Å². The number of nitrogens with one attached hydrogen (secondary N) is 1. The SMILES string of the molecule is CNC(=O)/C(F)=C/C(C)=C/[C@@H](C)C(=O)c1ccc(N(C)C)cc1. The Morgan fingerprint density at radius 3 is 2.26 bits per heavy atom. The first-order valence-electron chi connectivity index (χ1n) is 7.35. The Kier molecular flexibility index (Phi) is 6.69. The summed E-state index contributed by atoms with van der Waals surface area (Å²) in [6.45, 7) is 3.40. The second kappa shape index (κ2) is 8.27. The minimum atomic E-state index is -0.878. The molecule has 1 aromatic rings. The third-order valence-corrected chi connectivity index (χ3v) is 3.39. The number of ketones is 1. The molecule has 1 rings (SSSR count). The van der Waals surface area contributed by atoms with Crippen molar-refractivity contribution in [3.63, 3.8) is 0 Å². The van der Waals surface area contributed by atoms with Crippen LogP contribution >= 0.6 is 0 Å². The van der Waals surface area contributed by atoms with E-state index in [1.54, 1.807) is 32.1 Å². The van der Waals surface area contributed by atoms with Crippen molar-refractivity contribution in [2.75, 3.05) is 26.0 Å². The van der Waals surface area contributed by atoms with Crippen molar-refractivity contribution in [2.45, 2.75) is 13.8 Å². The van der Waals surface area contributed by atoms with Crippen molar-refractivity contribution in [3.8, 4) is 0 Å². The molecule has 1 amide bonds. The summed E-state index contributed by atoms with van der Waals surface area (Å²) >= 11 is 0. The number of Topliss-reactive ketones (excluding diaryl/α,β-unsaturated/α-hetero) is 1. The second-order valence-corrected chi connectivity index (χ2v) is 5.58. The number of hydrogen-bond acceptors (Lipinski definition) is 3. The van der Waals surface area contributed by atoms with Crippen LogP contribution in [0.3, 0.4) is 0 Å². The fourth-order valence-electron chi connectivity index (χ4n) is 2.09. The van der Waals surface area contributed by atoms with E-state index in [-0.39, 0.29) is 5.78 Å². The summed E-state index contributed by atoms with van der Waals surface area (Å²) in [5.41, 5.74) is 2.14. The van der Waals surface area contributed by atoms with E-state index in [4.69, 9.17) is 0 Å². The Bertz CT molecular complexity index is 631. The van der Waals surface area contributed by atoms with Gasteiger partial charge in [-0.3, -0.25) is 9.59 Å². The number of carbonyl (C=O) groups is 2. The van der Waals surface area contributed by atoms with Gasteiger partial charge >= 0.3 is 0 Å². The van der Waals surface area contributed by atoms with Gasteiger partial charge in [0.1, 0.15) is 0 Å². The predicted molar refractivity (Wildman–Crippen MR) is 91.3 cm³/mol. The van der Waals surface area contributed by atoms with Crippen LogP contribution in [0.2, 0.25) is 0 Å². The van der Waals surface area contributed by atoms with Crippen LogP contribution in [0.25, 0.3) is 0 Å². The Labute approximate surface area is 136 Å². The largest absolute Gasteiger partial charge is 0.378 e. The summed E-state index contributed by atoms with van der Waals surface area (Å²) in [4.78, 5) is 25.5. The highest BCUT2D eigenvalue weighted by molar-refractivity contribution is 5.99. The van der Waals surface area contributed by atoms with Gasteiger partial charge in [0.15, 0.2) is 11.6 Å². The van der Waals surface area contributed by atoms with E-state index in [0.717, 1.165) is 11.8 Å². The lowest BCUT2D eigenvalue weighted by Gasteiger charge is -2.13. The molecule has 0 saturated carbocycles. The number of halogens is 1. The molecular formula is C18H23FN2O2. The molecule has 0 saturated heterocycles. The van der Waals surface area contributed by atoms with Gasteiger partial charge in [-0.15, -0.1) is 0 Å². The number of allylic oxidation sites excluding steroid dienone is 3. The first-order chi connectivity index (χ1) is 10.8. The minimum Gasteiger partial charge on any atom is -0.378 e. The van der Waals surface area contributed by atoms with Gasteiger partial charge in [0, 0.05) is 38.3 Å². The Morgan fingerprint density at radius 2 is 1.78 bits per heavy atom. The van der Waals surface area contributed by atoms with E-state index in [1.165, 1.54) is 7.05 Å². The average molecular weight is 318 g/mol. The molecule has 0 unspecified atom stereocenters. The van der Waals surface area contributed by atoms with Crippen LogP contribution in [0.5, 0.6) is 0 Å². The zero-order valence-electron chi connectivity index (χ0n) is 14.2. The van der Waals surface area contributed by atoms with Crippen molar-refractivity contribution in [1.82, 2.24) is 5.32 Å². The zero-order valence-corrected chi connectivity index (χ0v) is 14.2. The average Bonchev–Trinajstić information content (AvgIpc) is 2.52. The highest BCUT2D eigenvalue weighted by Crippen LogP contribution is 2.17. The van der Waals surface area contributed by atoms with E-state index in [2.05, 4.69) is 5.32 Å². The summed E-state index contributed by atoms with van der Waals surface area (Å²) < 4.78 is 13.5. The van der Waals surface area contributed by atoms with Crippen LogP contribution in [-0.2, 0) is 4.79 Å². The lowest BCUT2D eigenvalue weighted by Crippen LogP contribution is -2.18. The number of rotatable bonds is 6. The molecule has 0 bridgehead atoms. The van der Waals surface area contributed by atoms with Gasteiger partial charge in [-0.05, 0) is 37.3 Å². The van der Waals surface area contributed by atoms with Crippen LogP contribution in [-0.4, -0.2) is 32.8 Å². The van der Waals surface area contributed by atoms with Gasteiger partial charge in [-0.1, -0.05) is 18.6 Å². The molecule has 0 aliphatic rings. The fourth-order valence-corrected chi connectivity index (χ4v) is 2.09. The number of nitrogens with zero attached hydrogens (tertiary/aromatic N) is 1. The number of hydrogen-bond donors (Lipinski definition) is 1. The highest BCUT2D eigenvalue weighted by Gasteiger charge is 2.14. The lowest BCUT2D eigenvalue weighted by molar-refractivity contribution is -0.118. The molecule has 4 nitrogen and oxygen atoms in total. The summed E-state index contributed by atoms with van der Waals surface area (Å²) in [6, 6.07) is 7.31. The van der Waals surface area contributed by atoms with Gasteiger partial charge in [0.25, 0.3) is 5.91 Å². The topological polar surface area (TPSA) is 49.4 Å². The molecule has 124 valence electrons. The third-order valence-electron chi connectivity index (χ3n) is 3.39. The fraction of sp³-hybridized carbons (Fsp3) is 0.333. The van der Waals surface area contributed by atoms with Gasteiger partial charge in [0.2, 0.25) is 0 Å². The first kappa shape index (κ1) is 18.6. The molecule has 0 heterocycles. The molecule has 0 fully saturated rings. The molecule has 0 aromatic heterocycles. The lowest BCUT2D eigenvalue weighted by atomic mass is 9.97. The predicted octanol–water partition coefficient (Wildman–Crippen LogP) is 3.12. The maximum absolute atomic E-state index is 13.5. The summed E-state index contributed by atoms with van der Waals surface area (Å²) in [6.07, 6.45) is 2.77. The zero-order chi connectivity index (χ0) is 17.6. The summed E-state index contributed by atoms with van der Waals surface area (Å²) in [5.74, 6) is -2.12. The molecule has 23 heavy (non-hydrogen) atoms. The molecule has 1 aromatic carbocycles. The van der Waals surface area contributed by atoms with Crippen LogP contribution in [0.4, 0.5) is 10.1 Å². The number of anilines is 1. The molecule has 1 atom stereocenters. The van der Waals surface area contributed by atoms with Gasteiger partial charge in [-0.25, -0.2) is 4.39 Å². The van der Waals surface area contributed by atoms with Gasteiger partial charge < -0.3 is 10.2 Å². The summed E-state index contributed by atoms with van der Waals surface area (Å²) in [5, 5.41) is 2.21. The van der Waals surface area contributed by atoms with Crippen LogP contribution in [0.1, 0.15) is 24.2 Å². The Balaban J connectivity index is 2.87. The van der Waals surface area contributed by atoms with E-state index in [0.29, 0.717) is 11.1 Å². The van der Waals surface area contributed by atoms with Gasteiger partial charge in [-0.2, -0.15) is 0 Å². The van der Waals surface area contributed by atoms with Crippen molar-refractivity contribution in [1.29, 1.82) is 0 Å². The van der Waals surface area contributed by atoms with Crippen molar-refractivity contribution in [3.05, 3.63) is 53.4 Å². The summed E-state index contributed by atoms with van der Waals surface area (Å²) in [7, 11) is 5.22. The molecular weight excluding hydrogens is 295 g/mol. The number of amides is 1. The number of carbonyl (C=O) groups excluding carboxylic acids is 2. The maximum Gasteiger partial charge on any atom is 0.279 e. The maximum atomic E-state index is 13.5. The number of likely N-dealkylation sites (N-methyl/N-ethyl adjacent to an activating group) is 1. The van der Waals surface area contributed by atoms with E-state index in [1.807, 2.05) is 31.1 Å². The molecule has 0 aliphatic heterocycles. The minimum absolute atomic E-state index is 0.0524. The van der Waals surface area contributed by atoms with E-state index in [9.17, 15) is 14.0 Å². The number of benzene rings is 1. The Hall–Kier alpha value is -2.43. The highest BCUT2D eigenvalue weighted by atomic mass is 19.1. The standard InChI is InChI=1S/C18H23FN2O2/c1-12(11-16(19)18(23)20-3)10-13(2)17(22)14-6-8-15(9-7-14)21(4)5/h6-11,13H,1-5H3,(H,20,23)/b12-10+,16-11-/t13-/m1/s1. The van der Waals surface area contributed by atoms with Crippen molar-refractivity contribution >= 4 is 17.4 Å². The molecule has 0 radical (unpaired) electrons. The van der Waals surface area contributed by atoms with Crippen LogP contribution < -0.4 is 10.2 Å².